The van der Waals surface area contributed by atoms with Gasteiger partial charge in [0, 0.05) is 13.0 Å². The van der Waals surface area contributed by atoms with E-state index in [0.29, 0.717) is 13.0 Å². The first-order valence-electron chi connectivity index (χ1n) is 6.75. The van der Waals surface area contributed by atoms with E-state index in [1.807, 2.05) is 13.1 Å². The summed E-state index contributed by atoms with van der Waals surface area (Å²) >= 11 is 0. The molecule has 0 atom stereocenters. The number of carboxylic acid groups (broad SMARTS) is 1. The van der Waals surface area contributed by atoms with Gasteiger partial charge in [-0.3, -0.25) is 4.79 Å². The maximum Gasteiger partial charge on any atom is 0.303 e. The number of aliphatic carboxylic acids is 1. The number of benzene rings is 1. The third kappa shape index (κ3) is 6.02. The molecule has 112 valence electrons. The van der Waals surface area contributed by atoms with Gasteiger partial charge in [-0.2, -0.15) is 0 Å². The van der Waals surface area contributed by atoms with Gasteiger partial charge in [-0.15, -0.1) is 0 Å². The van der Waals surface area contributed by atoms with Gasteiger partial charge in [0.05, 0.1) is 7.11 Å². The molecule has 0 saturated carbocycles. The number of ether oxygens (including phenoxy) is 1. The zero-order chi connectivity index (χ0) is 15.0. The van der Waals surface area contributed by atoms with E-state index in [4.69, 9.17) is 9.84 Å². The van der Waals surface area contributed by atoms with Crippen LogP contribution in [0.1, 0.15) is 31.2 Å². The molecule has 0 aromatic heterocycles. The van der Waals surface area contributed by atoms with E-state index in [0.717, 1.165) is 24.9 Å². The third-order valence-electron chi connectivity index (χ3n) is 3.10. The minimum atomic E-state index is -0.743. The molecule has 0 spiro atoms. The highest BCUT2D eigenvalue weighted by Crippen LogP contribution is 2.18. The molecule has 0 unspecified atom stereocenters. The number of hydrogen-bond acceptors (Lipinski definition) is 3. The average Bonchev–Trinajstić information content (AvgIpc) is 2.38. The van der Waals surface area contributed by atoms with Crippen LogP contribution in [0, 0.1) is 5.82 Å². The average molecular weight is 283 g/mol. The van der Waals surface area contributed by atoms with Crippen molar-refractivity contribution in [3.8, 4) is 5.75 Å². The Morgan fingerprint density at radius 1 is 1.35 bits per heavy atom. The van der Waals surface area contributed by atoms with Crippen LogP contribution in [0.5, 0.6) is 5.75 Å². The van der Waals surface area contributed by atoms with Gasteiger partial charge < -0.3 is 14.7 Å². The van der Waals surface area contributed by atoms with E-state index in [9.17, 15) is 9.18 Å². The topological polar surface area (TPSA) is 49.8 Å². The van der Waals surface area contributed by atoms with E-state index in [-0.39, 0.29) is 18.0 Å². The number of carboxylic acids is 1. The van der Waals surface area contributed by atoms with Gasteiger partial charge in [0.15, 0.2) is 11.6 Å². The van der Waals surface area contributed by atoms with Crippen LogP contribution in [0.25, 0.3) is 0 Å². The number of halogens is 1. The summed E-state index contributed by atoms with van der Waals surface area (Å²) in [5, 5.41) is 8.53. The van der Waals surface area contributed by atoms with Crippen LogP contribution >= 0.6 is 0 Å². The second-order valence-electron chi connectivity index (χ2n) is 4.91. The van der Waals surface area contributed by atoms with Crippen molar-refractivity contribution < 1.29 is 19.0 Å². The zero-order valence-corrected chi connectivity index (χ0v) is 12.1. The van der Waals surface area contributed by atoms with Crippen molar-refractivity contribution in [1.82, 2.24) is 4.90 Å². The lowest BCUT2D eigenvalue weighted by Gasteiger charge is -2.16. The maximum absolute atomic E-state index is 13.5. The molecule has 0 bridgehead atoms. The number of rotatable bonds is 9. The van der Waals surface area contributed by atoms with E-state index in [1.54, 1.807) is 6.07 Å². The van der Waals surface area contributed by atoms with Crippen LogP contribution in [0.3, 0.4) is 0 Å². The van der Waals surface area contributed by atoms with Crippen LogP contribution < -0.4 is 4.74 Å². The van der Waals surface area contributed by atoms with E-state index in [2.05, 4.69) is 4.90 Å². The predicted octanol–water partition coefficient (Wildman–Crippen LogP) is 2.91. The molecule has 5 heteroatoms. The Bertz CT molecular complexity index is 437. The Hall–Kier alpha value is -1.62. The summed E-state index contributed by atoms with van der Waals surface area (Å²) in [4.78, 5) is 12.5. The van der Waals surface area contributed by atoms with Gasteiger partial charge >= 0.3 is 5.97 Å². The fraction of sp³-hybridized carbons (Fsp3) is 0.533. The fourth-order valence-electron chi connectivity index (χ4n) is 2.03. The summed E-state index contributed by atoms with van der Waals surface area (Å²) in [7, 11) is 3.42. The molecule has 0 radical (unpaired) electrons. The predicted molar refractivity (Wildman–Crippen MR) is 75.4 cm³/mol. The Morgan fingerprint density at radius 2 is 2.10 bits per heavy atom. The van der Waals surface area contributed by atoms with Crippen molar-refractivity contribution >= 4 is 5.97 Å². The molecule has 0 saturated heterocycles. The number of carbonyl (C=O) groups is 1. The molecule has 1 aromatic carbocycles. The van der Waals surface area contributed by atoms with E-state index < -0.39 is 5.97 Å². The normalized spacial score (nSPS) is 10.8. The smallest absolute Gasteiger partial charge is 0.303 e. The molecule has 20 heavy (non-hydrogen) atoms. The van der Waals surface area contributed by atoms with Gasteiger partial charge in [-0.1, -0.05) is 12.5 Å². The van der Waals surface area contributed by atoms with Crippen LogP contribution in [0.15, 0.2) is 18.2 Å². The summed E-state index contributed by atoms with van der Waals surface area (Å²) in [5.41, 5.74) is 0.899. The third-order valence-corrected chi connectivity index (χ3v) is 3.10. The van der Waals surface area contributed by atoms with Crippen LogP contribution in [0.4, 0.5) is 4.39 Å². The molecular weight excluding hydrogens is 261 g/mol. The molecule has 0 fully saturated rings. The van der Waals surface area contributed by atoms with E-state index >= 15 is 0 Å². The second kappa shape index (κ2) is 8.53. The monoisotopic (exact) mass is 283 g/mol. The molecule has 0 aliphatic rings. The standard InChI is InChI=1S/C15H22FNO3/c1-17(9-5-3-4-6-15(18)19)11-12-7-8-14(20-2)13(16)10-12/h7-8,10H,3-6,9,11H2,1-2H3,(H,18,19). The first-order chi connectivity index (χ1) is 9.52. The van der Waals surface area contributed by atoms with E-state index in [1.165, 1.54) is 13.2 Å². The molecule has 0 aliphatic carbocycles. The fourth-order valence-corrected chi connectivity index (χ4v) is 2.03. The molecule has 0 heterocycles. The molecule has 1 rings (SSSR count). The highest BCUT2D eigenvalue weighted by molar-refractivity contribution is 5.66. The number of methoxy groups -OCH3 is 1. The number of nitrogens with zero attached hydrogens (tertiary/aromatic N) is 1. The first kappa shape index (κ1) is 16.4. The molecule has 4 nitrogen and oxygen atoms in total. The summed E-state index contributed by atoms with van der Waals surface area (Å²) in [6.45, 7) is 1.53. The van der Waals surface area contributed by atoms with Gasteiger partial charge in [0.25, 0.3) is 0 Å². The highest BCUT2D eigenvalue weighted by Gasteiger charge is 2.06. The lowest BCUT2D eigenvalue weighted by atomic mass is 10.1. The van der Waals surface area contributed by atoms with Gasteiger partial charge in [-0.05, 0) is 44.1 Å². The molecule has 0 aliphatic heterocycles. The number of hydrogen-bond donors (Lipinski definition) is 1. The summed E-state index contributed by atoms with van der Waals surface area (Å²) in [5.74, 6) is -0.836. The quantitative estimate of drug-likeness (QED) is 0.708. The van der Waals surface area contributed by atoms with Crippen molar-refractivity contribution in [2.24, 2.45) is 0 Å². The second-order valence-corrected chi connectivity index (χ2v) is 4.91. The Kier molecular flexibility index (Phi) is 7.01. The molecule has 1 N–H and O–H groups in total. The lowest BCUT2D eigenvalue weighted by Crippen LogP contribution is -2.19. The summed E-state index contributed by atoms with van der Waals surface area (Å²) in [6, 6.07) is 4.97. The van der Waals surface area contributed by atoms with Crippen molar-refractivity contribution in [3.05, 3.63) is 29.6 Å². The minimum absolute atomic E-state index is 0.230. The molecule has 0 amide bonds. The van der Waals surface area contributed by atoms with Crippen molar-refractivity contribution in [2.45, 2.75) is 32.2 Å². The molecule has 1 aromatic rings. The van der Waals surface area contributed by atoms with Gasteiger partial charge in [0.1, 0.15) is 0 Å². The SMILES string of the molecule is COc1ccc(CN(C)CCCCCC(=O)O)cc1F. The first-order valence-corrected chi connectivity index (χ1v) is 6.75. The van der Waals surface area contributed by atoms with Crippen molar-refractivity contribution in [1.29, 1.82) is 0 Å². The lowest BCUT2D eigenvalue weighted by molar-refractivity contribution is -0.137. The zero-order valence-electron chi connectivity index (χ0n) is 12.1. The largest absolute Gasteiger partial charge is 0.494 e. The van der Waals surface area contributed by atoms with Gasteiger partial charge in [0.2, 0.25) is 0 Å². The molecular formula is C15H22FNO3. The summed E-state index contributed by atoms with van der Waals surface area (Å²) < 4.78 is 18.4. The van der Waals surface area contributed by atoms with Crippen LogP contribution in [-0.4, -0.2) is 36.7 Å². The van der Waals surface area contributed by atoms with Crippen LogP contribution in [-0.2, 0) is 11.3 Å². The Balaban J connectivity index is 2.29. The van der Waals surface area contributed by atoms with Crippen molar-refractivity contribution in [3.63, 3.8) is 0 Å². The highest BCUT2D eigenvalue weighted by atomic mass is 19.1. The Morgan fingerprint density at radius 3 is 2.70 bits per heavy atom. The number of unbranched alkanes of at least 4 members (excludes halogenated alkanes) is 2. The minimum Gasteiger partial charge on any atom is -0.494 e. The summed E-state index contributed by atoms with van der Waals surface area (Å²) in [6.07, 6.45) is 2.78. The maximum atomic E-state index is 13.5. The Labute approximate surface area is 119 Å². The van der Waals surface area contributed by atoms with Gasteiger partial charge in [-0.25, -0.2) is 4.39 Å². The van der Waals surface area contributed by atoms with Crippen molar-refractivity contribution in [2.75, 3.05) is 20.7 Å². The van der Waals surface area contributed by atoms with Crippen LogP contribution in [0.2, 0.25) is 0 Å².